The molecule has 26 heavy (non-hydrogen) atoms. The van der Waals surface area contributed by atoms with E-state index < -0.39 is 0 Å². The van der Waals surface area contributed by atoms with Gasteiger partial charge in [0.1, 0.15) is 11.5 Å². The van der Waals surface area contributed by atoms with Crippen molar-refractivity contribution in [1.29, 1.82) is 5.26 Å². The summed E-state index contributed by atoms with van der Waals surface area (Å²) in [6.07, 6.45) is 1.47. The SMILES string of the molecule is N#Cc1cccc(Nc2nccc(C(=O)NCc3ccc(F)cc3)n2)c1. The van der Waals surface area contributed by atoms with Gasteiger partial charge in [-0.3, -0.25) is 4.79 Å². The maximum Gasteiger partial charge on any atom is 0.270 e. The second-order valence-corrected chi connectivity index (χ2v) is 5.39. The van der Waals surface area contributed by atoms with Gasteiger partial charge in [-0.15, -0.1) is 0 Å². The first kappa shape index (κ1) is 17.0. The maximum absolute atomic E-state index is 12.9. The van der Waals surface area contributed by atoms with Crippen LogP contribution in [0.3, 0.4) is 0 Å². The summed E-state index contributed by atoms with van der Waals surface area (Å²) in [6, 6.07) is 16.3. The zero-order chi connectivity index (χ0) is 18.4. The minimum Gasteiger partial charge on any atom is -0.347 e. The van der Waals surface area contributed by atoms with Crippen LogP contribution in [0.1, 0.15) is 21.6 Å². The molecule has 0 aliphatic rings. The maximum atomic E-state index is 12.9. The highest BCUT2D eigenvalue weighted by atomic mass is 19.1. The van der Waals surface area contributed by atoms with Crippen molar-refractivity contribution in [2.24, 2.45) is 0 Å². The van der Waals surface area contributed by atoms with E-state index in [0.29, 0.717) is 11.3 Å². The van der Waals surface area contributed by atoms with Crippen molar-refractivity contribution in [1.82, 2.24) is 15.3 Å². The van der Waals surface area contributed by atoms with Gasteiger partial charge in [-0.25, -0.2) is 14.4 Å². The fourth-order valence-corrected chi connectivity index (χ4v) is 2.22. The lowest BCUT2D eigenvalue weighted by molar-refractivity contribution is 0.0946. The zero-order valence-electron chi connectivity index (χ0n) is 13.6. The molecule has 0 bridgehead atoms. The normalized spacial score (nSPS) is 10.0. The first-order valence-corrected chi connectivity index (χ1v) is 7.77. The summed E-state index contributed by atoms with van der Waals surface area (Å²) in [5.41, 5.74) is 2.12. The predicted molar refractivity (Wildman–Crippen MR) is 94.0 cm³/mol. The van der Waals surface area contributed by atoms with Crippen LogP contribution in [0.2, 0.25) is 0 Å². The van der Waals surface area contributed by atoms with Crippen molar-refractivity contribution in [2.45, 2.75) is 6.54 Å². The van der Waals surface area contributed by atoms with Crippen molar-refractivity contribution in [3.8, 4) is 6.07 Å². The Hall–Kier alpha value is -3.79. The number of rotatable bonds is 5. The number of hydrogen-bond acceptors (Lipinski definition) is 5. The number of halogens is 1. The quantitative estimate of drug-likeness (QED) is 0.740. The Bertz CT molecular complexity index is 966. The number of nitrogens with one attached hydrogen (secondary N) is 2. The van der Waals surface area contributed by atoms with E-state index in [1.54, 1.807) is 36.4 Å². The molecule has 0 aliphatic carbocycles. The van der Waals surface area contributed by atoms with E-state index in [1.807, 2.05) is 0 Å². The van der Waals surface area contributed by atoms with Crippen LogP contribution in [0, 0.1) is 17.1 Å². The van der Waals surface area contributed by atoms with Crippen LogP contribution in [0.25, 0.3) is 0 Å². The Balaban J connectivity index is 1.67. The summed E-state index contributed by atoms with van der Waals surface area (Å²) in [7, 11) is 0. The number of nitriles is 1. The van der Waals surface area contributed by atoms with Gasteiger partial charge < -0.3 is 10.6 Å². The smallest absolute Gasteiger partial charge is 0.270 e. The minimum atomic E-state index is -0.370. The van der Waals surface area contributed by atoms with E-state index in [4.69, 9.17) is 5.26 Å². The first-order valence-electron chi connectivity index (χ1n) is 7.77. The van der Waals surface area contributed by atoms with E-state index in [0.717, 1.165) is 5.56 Å². The number of nitrogens with zero attached hydrogens (tertiary/aromatic N) is 3. The lowest BCUT2D eigenvalue weighted by atomic mass is 10.2. The van der Waals surface area contributed by atoms with Crippen LogP contribution < -0.4 is 10.6 Å². The lowest BCUT2D eigenvalue weighted by Gasteiger charge is -2.08. The van der Waals surface area contributed by atoms with Crippen molar-refractivity contribution < 1.29 is 9.18 Å². The molecule has 2 N–H and O–H groups in total. The van der Waals surface area contributed by atoms with Crippen molar-refractivity contribution >= 4 is 17.5 Å². The number of carbonyl (C=O) groups is 1. The molecule has 0 radical (unpaired) electrons. The molecule has 3 aromatic rings. The topological polar surface area (TPSA) is 90.7 Å². The molecule has 3 rings (SSSR count). The molecule has 0 fully saturated rings. The second-order valence-electron chi connectivity index (χ2n) is 5.39. The molecule has 7 heteroatoms. The molecule has 0 atom stereocenters. The summed E-state index contributed by atoms with van der Waals surface area (Å²) in [5, 5.41) is 14.6. The molecule has 0 aliphatic heterocycles. The minimum absolute atomic E-state index is 0.195. The van der Waals surface area contributed by atoms with Gasteiger partial charge in [0.05, 0.1) is 11.6 Å². The van der Waals surface area contributed by atoms with Gasteiger partial charge in [0.25, 0.3) is 5.91 Å². The largest absolute Gasteiger partial charge is 0.347 e. The van der Waals surface area contributed by atoms with Crippen molar-refractivity contribution in [3.63, 3.8) is 0 Å². The highest BCUT2D eigenvalue weighted by Crippen LogP contribution is 2.14. The number of amides is 1. The van der Waals surface area contributed by atoms with E-state index in [9.17, 15) is 9.18 Å². The highest BCUT2D eigenvalue weighted by molar-refractivity contribution is 5.92. The third-order valence-electron chi connectivity index (χ3n) is 3.50. The van der Waals surface area contributed by atoms with E-state index in [1.165, 1.54) is 24.4 Å². The molecule has 128 valence electrons. The van der Waals surface area contributed by atoms with E-state index in [-0.39, 0.29) is 29.9 Å². The molecule has 0 spiro atoms. The summed E-state index contributed by atoms with van der Waals surface area (Å²) in [4.78, 5) is 20.5. The Morgan fingerprint density at radius 3 is 2.73 bits per heavy atom. The van der Waals surface area contributed by atoms with Crippen molar-refractivity contribution in [3.05, 3.63) is 83.4 Å². The standard InChI is InChI=1S/C19H14FN5O/c20-15-6-4-13(5-7-15)12-23-18(26)17-8-9-22-19(25-17)24-16-3-1-2-14(10-16)11-21/h1-10H,12H2,(H,23,26)(H,22,24,25). The molecule has 0 unspecified atom stereocenters. The Morgan fingerprint density at radius 1 is 1.15 bits per heavy atom. The van der Waals surface area contributed by atoms with Crippen LogP contribution in [0.15, 0.2) is 60.8 Å². The fourth-order valence-electron chi connectivity index (χ4n) is 2.22. The van der Waals surface area contributed by atoms with Crippen molar-refractivity contribution in [2.75, 3.05) is 5.32 Å². The average Bonchev–Trinajstić information content (AvgIpc) is 2.67. The molecule has 1 amide bonds. The van der Waals surface area contributed by atoms with Gasteiger partial charge in [-0.2, -0.15) is 5.26 Å². The van der Waals surface area contributed by atoms with Gasteiger partial charge in [-0.1, -0.05) is 18.2 Å². The molecule has 1 aromatic heterocycles. The molecule has 0 saturated heterocycles. The zero-order valence-corrected chi connectivity index (χ0v) is 13.6. The Labute approximate surface area is 149 Å². The average molecular weight is 347 g/mol. The predicted octanol–water partition coefficient (Wildman–Crippen LogP) is 3.16. The lowest BCUT2D eigenvalue weighted by Crippen LogP contribution is -2.24. The molecule has 0 saturated carbocycles. The fraction of sp³-hybridized carbons (Fsp3) is 0.0526. The van der Waals surface area contributed by atoms with Crippen LogP contribution in [0.5, 0.6) is 0 Å². The van der Waals surface area contributed by atoms with Crippen LogP contribution in [-0.2, 0) is 6.54 Å². The van der Waals surface area contributed by atoms with Crippen LogP contribution in [0.4, 0.5) is 16.0 Å². The number of benzene rings is 2. The summed E-state index contributed by atoms with van der Waals surface area (Å²) in [6.45, 7) is 0.260. The molecule has 1 heterocycles. The summed E-state index contributed by atoms with van der Waals surface area (Å²) in [5.74, 6) is -0.452. The third-order valence-corrected chi connectivity index (χ3v) is 3.50. The van der Waals surface area contributed by atoms with Gasteiger partial charge >= 0.3 is 0 Å². The summed E-state index contributed by atoms with van der Waals surface area (Å²) >= 11 is 0. The molecule has 6 nitrogen and oxygen atoms in total. The summed E-state index contributed by atoms with van der Waals surface area (Å²) < 4.78 is 12.9. The molecule has 2 aromatic carbocycles. The van der Waals surface area contributed by atoms with Gasteiger partial charge in [-0.05, 0) is 42.0 Å². The number of carbonyl (C=O) groups excluding carboxylic acids is 1. The van der Waals surface area contributed by atoms with Gasteiger partial charge in [0.15, 0.2) is 0 Å². The Kier molecular flexibility index (Phi) is 5.15. The second kappa shape index (κ2) is 7.85. The van der Waals surface area contributed by atoms with Gasteiger partial charge in [0.2, 0.25) is 5.95 Å². The molecular weight excluding hydrogens is 333 g/mol. The van der Waals surface area contributed by atoms with Crippen LogP contribution in [-0.4, -0.2) is 15.9 Å². The number of anilines is 2. The number of aromatic nitrogens is 2. The number of hydrogen-bond donors (Lipinski definition) is 2. The highest BCUT2D eigenvalue weighted by Gasteiger charge is 2.09. The monoisotopic (exact) mass is 347 g/mol. The Morgan fingerprint density at radius 2 is 1.96 bits per heavy atom. The van der Waals surface area contributed by atoms with Crippen LogP contribution >= 0.6 is 0 Å². The van der Waals surface area contributed by atoms with E-state index >= 15 is 0 Å². The van der Waals surface area contributed by atoms with E-state index in [2.05, 4.69) is 26.7 Å². The van der Waals surface area contributed by atoms with Gasteiger partial charge in [0, 0.05) is 18.4 Å². The first-order chi connectivity index (χ1) is 12.6. The molecular formula is C19H14FN5O. The third kappa shape index (κ3) is 4.39.